The molecule has 0 bridgehead atoms. The van der Waals surface area contributed by atoms with E-state index < -0.39 is 0 Å². The van der Waals surface area contributed by atoms with Crippen molar-refractivity contribution in [1.82, 2.24) is 15.3 Å². The number of furan rings is 1. The molecule has 28 heavy (non-hydrogen) atoms. The third kappa shape index (κ3) is 3.18. The summed E-state index contributed by atoms with van der Waals surface area (Å²) in [4.78, 5) is 23.9. The lowest BCUT2D eigenvalue weighted by atomic mass is 10.2. The second-order valence-corrected chi connectivity index (χ2v) is 9.03. The number of amides is 1. The van der Waals surface area contributed by atoms with E-state index >= 15 is 0 Å². The number of hydrogen-bond donors (Lipinski definition) is 1. The van der Waals surface area contributed by atoms with Crippen LogP contribution >= 0.6 is 23.1 Å². The van der Waals surface area contributed by atoms with Gasteiger partial charge in [0.2, 0.25) is 5.91 Å². The summed E-state index contributed by atoms with van der Waals surface area (Å²) < 4.78 is 5.85. The van der Waals surface area contributed by atoms with Crippen molar-refractivity contribution in [2.75, 3.05) is 5.75 Å². The molecule has 1 amide bonds. The first kappa shape index (κ1) is 17.7. The van der Waals surface area contributed by atoms with E-state index in [0.717, 1.165) is 44.8 Å². The maximum atomic E-state index is 12.5. The van der Waals surface area contributed by atoms with Crippen LogP contribution in [0.25, 0.3) is 21.2 Å². The molecular formula is C21H19N3O2S2. The zero-order valence-corrected chi connectivity index (χ0v) is 17.0. The number of aromatic nitrogens is 2. The minimum Gasteiger partial charge on any atom is -0.459 e. The molecule has 0 saturated carbocycles. The molecular weight excluding hydrogens is 390 g/mol. The van der Waals surface area contributed by atoms with Gasteiger partial charge in [-0.25, -0.2) is 9.97 Å². The summed E-state index contributed by atoms with van der Waals surface area (Å²) in [5.74, 6) is 1.05. The number of rotatable bonds is 5. The van der Waals surface area contributed by atoms with Crippen LogP contribution in [0.4, 0.5) is 0 Å². The molecule has 1 aromatic carbocycles. The fraction of sp³-hybridized carbons (Fsp3) is 0.286. The number of carbonyl (C=O) groups is 1. The van der Waals surface area contributed by atoms with Gasteiger partial charge >= 0.3 is 0 Å². The van der Waals surface area contributed by atoms with Crippen molar-refractivity contribution in [2.24, 2.45) is 0 Å². The molecule has 3 heterocycles. The first-order valence-electron chi connectivity index (χ1n) is 9.35. The normalized spacial score (nSPS) is 14.5. The Morgan fingerprint density at radius 2 is 2.21 bits per heavy atom. The molecule has 5 nitrogen and oxygen atoms in total. The Kier molecular flexibility index (Phi) is 4.56. The molecule has 0 unspecified atom stereocenters. The lowest BCUT2D eigenvalue weighted by Gasteiger charge is -2.11. The molecule has 1 N–H and O–H groups in total. The molecule has 1 atom stereocenters. The van der Waals surface area contributed by atoms with Gasteiger partial charge in [-0.1, -0.05) is 30.0 Å². The van der Waals surface area contributed by atoms with Crippen LogP contribution in [0, 0.1) is 0 Å². The number of thioether (sulfide) groups is 1. The summed E-state index contributed by atoms with van der Waals surface area (Å²) in [6.45, 7) is 1.94. The number of aryl methyl sites for hydroxylation is 2. The second-order valence-electron chi connectivity index (χ2n) is 6.98. The van der Waals surface area contributed by atoms with Crippen LogP contribution in [0.3, 0.4) is 0 Å². The van der Waals surface area contributed by atoms with Crippen molar-refractivity contribution in [3.63, 3.8) is 0 Å². The quantitative estimate of drug-likeness (QED) is 0.375. The summed E-state index contributed by atoms with van der Waals surface area (Å²) >= 11 is 3.25. The van der Waals surface area contributed by atoms with Crippen LogP contribution in [0.2, 0.25) is 0 Å². The van der Waals surface area contributed by atoms with Gasteiger partial charge in [0.15, 0.2) is 0 Å². The van der Waals surface area contributed by atoms with E-state index in [-0.39, 0.29) is 11.9 Å². The number of fused-ring (bicyclic) bond motifs is 4. The molecule has 0 fully saturated rings. The van der Waals surface area contributed by atoms with E-state index in [9.17, 15) is 4.79 Å². The average Bonchev–Trinajstić information content (AvgIpc) is 3.39. The number of hydrogen-bond acceptors (Lipinski definition) is 6. The smallest absolute Gasteiger partial charge is 0.230 e. The largest absolute Gasteiger partial charge is 0.459 e. The van der Waals surface area contributed by atoms with Crippen LogP contribution in [-0.2, 0) is 17.6 Å². The Bertz CT molecular complexity index is 1150. The Labute approximate surface area is 170 Å². The van der Waals surface area contributed by atoms with Gasteiger partial charge in [0.1, 0.15) is 27.5 Å². The van der Waals surface area contributed by atoms with Gasteiger partial charge in [-0.2, -0.15) is 0 Å². The van der Waals surface area contributed by atoms with E-state index in [4.69, 9.17) is 4.42 Å². The van der Waals surface area contributed by atoms with E-state index in [1.165, 1.54) is 28.6 Å². The molecule has 0 aliphatic heterocycles. The monoisotopic (exact) mass is 409 g/mol. The maximum Gasteiger partial charge on any atom is 0.230 e. The van der Waals surface area contributed by atoms with Crippen molar-refractivity contribution in [3.05, 3.63) is 52.9 Å². The molecule has 142 valence electrons. The Balaban J connectivity index is 1.28. The van der Waals surface area contributed by atoms with E-state index in [1.54, 1.807) is 17.7 Å². The van der Waals surface area contributed by atoms with Crippen LogP contribution in [0.1, 0.15) is 35.6 Å². The highest BCUT2D eigenvalue weighted by Gasteiger charge is 2.22. The molecule has 7 heteroatoms. The number of nitrogens with zero attached hydrogens (tertiary/aromatic N) is 2. The number of thiophene rings is 1. The number of benzene rings is 1. The maximum absolute atomic E-state index is 12.5. The minimum atomic E-state index is -0.184. The molecule has 0 radical (unpaired) electrons. The van der Waals surface area contributed by atoms with Crippen molar-refractivity contribution >= 4 is 50.2 Å². The van der Waals surface area contributed by atoms with Crippen LogP contribution in [0.15, 0.2) is 46.1 Å². The van der Waals surface area contributed by atoms with Crippen LogP contribution < -0.4 is 5.32 Å². The first-order chi connectivity index (χ1) is 13.7. The lowest BCUT2D eigenvalue weighted by Crippen LogP contribution is -2.27. The second kappa shape index (κ2) is 7.22. The highest BCUT2D eigenvalue weighted by molar-refractivity contribution is 8.00. The first-order valence-corrected chi connectivity index (χ1v) is 11.1. The van der Waals surface area contributed by atoms with Crippen molar-refractivity contribution in [3.8, 4) is 0 Å². The fourth-order valence-electron chi connectivity index (χ4n) is 3.71. The predicted octanol–water partition coefficient (Wildman–Crippen LogP) is 4.90. The molecule has 3 aromatic heterocycles. The lowest BCUT2D eigenvalue weighted by molar-refractivity contribution is -0.119. The SMILES string of the molecule is C[C@H](NC(=O)CSc1ncnc2sc3c(c12)CCC3)c1cc2ccccc2o1. The molecule has 1 aliphatic carbocycles. The molecule has 5 rings (SSSR count). The zero-order chi connectivity index (χ0) is 19.1. The summed E-state index contributed by atoms with van der Waals surface area (Å²) in [7, 11) is 0. The third-order valence-corrected chi connectivity index (χ3v) is 7.24. The van der Waals surface area contributed by atoms with Crippen molar-refractivity contribution in [2.45, 2.75) is 37.3 Å². The van der Waals surface area contributed by atoms with Gasteiger partial charge in [-0.3, -0.25) is 4.79 Å². The summed E-state index contributed by atoms with van der Waals surface area (Å²) in [6, 6.07) is 9.66. The summed E-state index contributed by atoms with van der Waals surface area (Å²) in [6.07, 6.45) is 5.03. The van der Waals surface area contributed by atoms with Crippen molar-refractivity contribution in [1.29, 1.82) is 0 Å². The highest BCUT2D eigenvalue weighted by atomic mass is 32.2. The van der Waals surface area contributed by atoms with E-state index in [2.05, 4.69) is 15.3 Å². The molecule has 0 spiro atoms. The van der Waals surface area contributed by atoms with Crippen LogP contribution in [-0.4, -0.2) is 21.6 Å². The number of carbonyl (C=O) groups excluding carboxylic acids is 1. The zero-order valence-electron chi connectivity index (χ0n) is 15.4. The molecule has 4 aromatic rings. The van der Waals surface area contributed by atoms with Gasteiger partial charge < -0.3 is 9.73 Å². The van der Waals surface area contributed by atoms with Gasteiger partial charge in [-0.05, 0) is 43.9 Å². The highest BCUT2D eigenvalue weighted by Crippen LogP contribution is 2.40. The van der Waals surface area contributed by atoms with Gasteiger partial charge in [0, 0.05) is 15.6 Å². The number of nitrogens with one attached hydrogen (secondary N) is 1. The standard InChI is InChI=1S/C21H19N3O2S2/c1-12(16-9-13-5-2-3-7-15(13)26-16)24-18(25)10-27-20-19-14-6-4-8-17(14)28-21(19)23-11-22-20/h2-3,5,7,9,11-12H,4,6,8,10H2,1H3,(H,24,25)/t12-/m0/s1. The Morgan fingerprint density at radius 3 is 3.11 bits per heavy atom. The Morgan fingerprint density at radius 1 is 1.32 bits per heavy atom. The fourth-order valence-corrected chi connectivity index (χ4v) is 5.84. The van der Waals surface area contributed by atoms with Crippen LogP contribution in [0.5, 0.6) is 0 Å². The topological polar surface area (TPSA) is 68.0 Å². The van der Waals surface area contributed by atoms with Gasteiger partial charge in [0.05, 0.1) is 11.8 Å². The predicted molar refractivity (Wildman–Crippen MR) is 113 cm³/mol. The summed E-state index contributed by atoms with van der Waals surface area (Å²) in [5, 5.41) is 6.14. The van der Waals surface area contributed by atoms with E-state index in [1.807, 2.05) is 37.3 Å². The van der Waals surface area contributed by atoms with Crippen molar-refractivity contribution < 1.29 is 9.21 Å². The number of para-hydroxylation sites is 1. The Hall–Kier alpha value is -2.38. The minimum absolute atomic E-state index is 0.0309. The molecule has 1 aliphatic rings. The average molecular weight is 410 g/mol. The molecule has 0 saturated heterocycles. The van der Waals surface area contributed by atoms with E-state index in [0.29, 0.717) is 5.75 Å². The summed E-state index contributed by atoms with van der Waals surface area (Å²) in [5.41, 5.74) is 2.22. The van der Waals surface area contributed by atoms with Gasteiger partial charge in [0.25, 0.3) is 0 Å². The third-order valence-electron chi connectivity index (χ3n) is 5.06. The van der Waals surface area contributed by atoms with Gasteiger partial charge in [-0.15, -0.1) is 11.3 Å².